The topological polar surface area (TPSA) is 104 Å². The molecular weight excluding hydrogens is 356 g/mol. The van der Waals surface area contributed by atoms with E-state index < -0.39 is 35.0 Å². The summed E-state index contributed by atoms with van der Waals surface area (Å²) in [7, 11) is -3.79. The van der Waals surface area contributed by atoms with Crippen LogP contribution in [0.5, 0.6) is 0 Å². The number of rotatable bonds is 18. The standard InChI is InChI=1S/C19H40O6S/c1-3-4-5-6-7-8-9-10-11-12-13-14-15-17(21)19(22)18(16-20)25-26(2,23)24/h17-22H,3-16H2,1-2H3/t17-,18+,19-/m1/s1. The zero-order valence-electron chi connectivity index (χ0n) is 16.6. The first-order valence-electron chi connectivity index (χ1n) is 10.2. The van der Waals surface area contributed by atoms with Crippen LogP contribution in [0.1, 0.15) is 90.4 Å². The van der Waals surface area contributed by atoms with Gasteiger partial charge in [-0.05, 0) is 6.42 Å². The second kappa shape index (κ2) is 15.8. The summed E-state index contributed by atoms with van der Waals surface area (Å²) in [6, 6.07) is 0. The molecule has 0 saturated carbocycles. The molecule has 0 radical (unpaired) electrons. The Labute approximate surface area is 160 Å². The Morgan fingerprint density at radius 1 is 0.808 bits per heavy atom. The molecule has 0 rings (SSSR count). The van der Waals surface area contributed by atoms with Crippen LogP contribution in [-0.4, -0.2) is 54.9 Å². The molecule has 7 heteroatoms. The summed E-state index contributed by atoms with van der Waals surface area (Å²) in [5.74, 6) is 0. The quantitative estimate of drug-likeness (QED) is 0.243. The lowest BCUT2D eigenvalue weighted by molar-refractivity contribution is -0.0661. The minimum atomic E-state index is -3.79. The van der Waals surface area contributed by atoms with Crippen molar-refractivity contribution in [1.82, 2.24) is 0 Å². The van der Waals surface area contributed by atoms with Gasteiger partial charge in [-0.1, -0.05) is 84.0 Å². The van der Waals surface area contributed by atoms with Crippen molar-refractivity contribution in [2.24, 2.45) is 0 Å². The van der Waals surface area contributed by atoms with Gasteiger partial charge in [0.25, 0.3) is 10.1 Å². The van der Waals surface area contributed by atoms with Crippen LogP contribution in [0.25, 0.3) is 0 Å². The minimum Gasteiger partial charge on any atom is -0.394 e. The third-order valence-corrected chi connectivity index (χ3v) is 5.20. The molecule has 0 bridgehead atoms. The first-order chi connectivity index (χ1) is 12.3. The molecule has 0 aliphatic rings. The molecule has 0 aliphatic carbocycles. The van der Waals surface area contributed by atoms with Crippen molar-refractivity contribution in [3.63, 3.8) is 0 Å². The van der Waals surface area contributed by atoms with Crippen molar-refractivity contribution in [2.45, 2.75) is 109 Å². The Bertz CT molecular complexity index is 412. The van der Waals surface area contributed by atoms with Gasteiger partial charge in [-0.25, -0.2) is 0 Å². The molecule has 0 spiro atoms. The van der Waals surface area contributed by atoms with Crippen LogP contribution >= 0.6 is 0 Å². The fraction of sp³-hybridized carbons (Fsp3) is 1.00. The summed E-state index contributed by atoms with van der Waals surface area (Å²) in [4.78, 5) is 0. The van der Waals surface area contributed by atoms with Crippen LogP contribution in [0.4, 0.5) is 0 Å². The lowest BCUT2D eigenvalue weighted by Crippen LogP contribution is -2.42. The summed E-state index contributed by atoms with van der Waals surface area (Å²) < 4.78 is 26.7. The van der Waals surface area contributed by atoms with E-state index in [2.05, 4.69) is 11.1 Å². The number of hydrogen-bond donors (Lipinski definition) is 3. The Morgan fingerprint density at radius 2 is 1.23 bits per heavy atom. The molecule has 0 amide bonds. The zero-order valence-corrected chi connectivity index (χ0v) is 17.4. The lowest BCUT2D eigenvalue weighted by Gasteiger charge is -2.24. The highest BCUT2D eigenvalue weighted by Crippen LogP contribution is 2.15. The maximum Gasteiger partial charge on any atom is 0.264 e. The van der Waals surface area contributed by atoms with Gasteiger partial charge in [-0.2, -0.15) is 8.42 Å². The van der Waals surface area contributed by atoms with Gasteiger partial charge in [0.2, 0.25) is 0 Å². The van der Waals surface area contributed by atoms with E-state index in [0.29, 0.717) is 6.42 Å². The van der Waals surface area contributed by atoms with E-state index in [1.807, 2.05) is 0 Å². The number of unbranched alkanes of at least 4 members (excludes halogenated alkanes) is 11. The van der Waals surface area contributed by atoms with E-state index in [0.717, 1.165) is 25.5 Å². The van der Waals surface area contributed by atoms with Crippen LogP contribution in [0.15, 0.2) is 0 Å². The molecule has 158 valence electrons. The molecule has 0 fully saturated rings. The van der Waals surface area contributed by atoms with Crippen molar-refractivity contribution in [2.75, 3.05) is 12.9 Å². The maximum atomic E-state index is 11.1. The summed E-state index contributed by atoms with van der Waals surface area (Å²) in [5, 5.41) is 29.0. The van der Waals surface area contributed by atoms with Crippen LogP contribution in [0.3, 0.4) is 0 Å². The third-order valence-electron chi connectivity index (χ3n) is 4.61. The Hall–Kier alpha value is -0.210. The summed E-state index contributed by atoms with van der Waals surface area (Å²) >= 11 is 0. The first-order valence-corrected chi connectivity index (χ1v) is 12.0. The fourth-order valence-corrected chi connectivity index (χ4v) is 3.66. The predicted molar refractivity (Wildman–Crippen MR) is 105 cm³/mol. The number of aliphatic hydroxyl groups excluding tert-OH is 3. The van der Waals surface area contributed by atoms with Crippen LogP contribution in [-0.2, 0) is 14.3 Å². The van der Waals surface area contributed by atoms with Gasteiger partial charge in [0, 0.05) is 0 Å². The van der Waals surface area contributed by atoms with Gasteiger partial charge in [0.1, 0.15) is 12.2 Å². The maximum absolute atomic E-state index is 11.1. The van der Waals surface area contributed by atoms with Crippen molar-refractivity contribution >= 4 is 10.1 Å². The van der Waals surface area contributed by atoms with Gasteiger partial charge >= 0.3 is 0 Å². The van der Waals surface area contributed by atoms with Gasteiger partial charge < -0.3 is 15.3 Å². The van der Waals surface area contributed by atoms with Crippen molar-refractivity contribution in [3.8, 4) is 0 Å². The molecule has 0 heterocycles. The van der Waals surface area contributed by atoms with E-state index in [1.54, 1.807) is 0 Å². The predicted octanol–water partition coefficient (Wildman–Crippen LogP) is 3.14. The molecule has 0 aromatic heterocycles. The summed E-state index contributed by atoms with van der Waals surface area (Å²) in [6.07, 6.45) is 11.9. The zero-order chi connectivity index (χ0) is 19.8. The highest BCUT2D eigenvalue weighted by molar-refractivity contribution is 7.86. The monoisotopic (exact) mass is 396 g/mol. The first kappa shape index (κ1) is 25.8. The molecule has 3 N–H and O–H groups in total. The molecule has 0 aromatic carbocycles. The van der Waals surface area contributed by atoms with Crippen LogP contribution in [0, 0.1) is 0 Å². The number of hydrogen-bond acceptors (Lipinski definition) is 6. The highest BCUT2D eigenvalue weighted by atomic mass is 32.2. The van der Waals surface area contributed by atoms with E-state index in [-0.39, 0.29) is 0 Å². The van der Waals surface area contributed by atoms with Crippen molar-refractivity contribution < 1.29 is 27.9 Å². The smallest absolute Gasteiger partial charge is 0.264 e. The van der Waals surface area contributed by atoms with Gasteiger partial charge in [-0.3, -0.25) is 4.18 Å². The second-order valence-electron chi connectivity index (χ2n) is 7.26. The Morgan fingerprint density at radius 3 is 1.62 bits per heavy atom. The molecule has 6 nitrogen and oxygen atoms in total. The molecule has 0 aromatic rings. The average molecular weight is 397 g/mol. The fourth-order valence-electron chi connectivity index (χ4n) is 3.03. The second-order valence-corrected chi connectivity index (χ2v) is 8.86. The van der Waals surface area contributed by atoms with Gasteiger partial charge in [0.05, 0.1) is 19.0 Å². The molecule has 26 heavy (non-hydrogen) atoms. The van der Waals surface area contributed by atoms with Crippen molar-refractivity contribution in [1.29, 1.82) is 0 Å². The summed E-state index contributed by atoms with van der Waals surface area (Å²) in [6.45, 7) is 1.57. The van der Waals surface area contributed by atoms with Gasteiger partial charge in [0.15, 0.2) is 0 Å². The van der Waals surface area contributed by atoms with E-state index in [4.69, 9.17) is 5.11 Å². The molecule has 3 atom stereocenters. The van der Waals surface area contributed by atoms with Crippen LogP contribution < -0.4 is 0 Å². The third kappa shape index (κ3) is 14.9. The van der Waals surface area contributed by atoms with Crippen LogP contribution in [0.2, 0.25) is 0 Å². The normalized spacial score (nSPS) is 15.7. The molecule has 0 saturated heterocycles. The average Bonchev–Trinajstić information content (AvgIpc) is 2.59. The molecule has 0 unspecified atom stereocenters. The lowest BCUT2D eigenvalue weighted by atomic mass is 10.0. The Kier molecular flexibility index (Phi) is 15.7. The molecular formula is C19H40O6S. The Balaban J connectivity index is 3.65. The largest absolute Gasteiger partial charge is 0.394 e. The minimum absolute atomic E-state index is 0.363. The van der Waals surface area contributed by atoms with Gasteiger partial charge in [-0.15, -0.1) is 0 Å². The summed E-state index contributed by atoms with van der Waals surface area (Å²) in [5.41, 5.74) is 0. The van der Waals surface area contributed by atoms with E-state index in [9.17, 15) is 18.6 Å². The van der Waals surface area contributed by atoms with E-state index >= 15 is 0 Å². The van der Waals surface area contributed by atoms with Crippen molar-refractivity contribution in [3.05, 3.63) is 0 Å². The SMILES string of the molecule is CCCCCCCCCCCCCC[C@@H](O)[C@@H](O)[C@H](CO)OS(C)(=O)=O. The number of aliphatic hydroxyl groups is 3. The van der Waals surface area contributed by atoms with E-state index in [1.165, 1.54) is 57.8 Å². The molecule has 0 aliphatic heterocycles. The highest BCUT2D eigenvalue weighted by Gasteiger charge is 2.29.